The summed E-state index contributed by atoms with van der Waals surface area (Å²) < 4.78 is 11.6. The molecule has 0 radical (unpaired) electrons. The molecular formula is C26H27Cl2N3O3. The van der Waals surface area contributed by atoms with Gasteiger partial charge in [0, 0.05) is 61.6 Å². The zero-order valence-corrected chi connectivity index (χ0v) is 20.6. The molecule has 3 aromatic rings. The van der Waals surface area contributed by atoms with Gasteiger partial charge in [0.05, 0.1) is 19.3 Å². The molecule has 6 nitrogen and oxygen atoms in total. The lowest BCUT2D eigenvalue weighted by Gasteiger charge is -2.35. The minimum absolute atomic E-state index is 0.0494. The van der Waals surface area contributed by atoms with Crippen molar-refractivity contribution < 1.29 is 14.3 Å². The van der Waals surface area contributed by atoms with Crippen LogP contribution in [-0.4, -0.2) is 60.6 Å². The fraction of sp³-hybridized carbons (Fsp3) is 0.308. The van der Waals surface area contributed by atoms with Gasteiger partial charge in [-0.15, -0.1) is 0 Å². The van der Waals surface area contributed by atoms with Crippen molar-refractivity contribution in [2.24, 2.45) is 0 Å². The number of carbonyl (C=O) groups excluding carboxylic acids is 1. The van der Waals surface area contributed by atoms with Gasteiger partial charge in [-0.2, -0.15) is 0 Å². The molecule has 0 saturated carbocycles. The number of carbonyl (C=O) groups is 1. The number of benzene rings is 2. The zero-order valence-electron chi connectivity index (χ0n) is 19.0. The van der Waals surface area contributed by atoms with E-state index in [-0.39, 0.29) is 5.91 Å². The quantitative estimate of drug-likeness (QED) is 0.437. The highest BCUT2D eigenvalue weighted by atomic mass is 35.5. The maximum Gasteiger partial charge on any atom is 0.257 e. The summed E-state index contributed by atoms with van der Waals surface area (Å²) in [4.78, 5) is 21.6. The number of pyridine rings is 1. The molecule has 0 spiro atoms. The van der Waals surface area contributed by atoms with E-state index in [0.717, 1.165) is 25.2 Å². The van der Waals surface area contributed by atoms with Crippen LogP contribution in [0.25, 0.3) is 0 Å². The molecule has 1 amide bonds. The van der Waals surface area contributed by atoms with Crippen LogP contribution >= 0.6 is 23.2 Å². The Bertz CT molecular complexity index is 1120. The van der Waals surface area contributed by atoms with Crippen LogP contribution in [-0.2, 0) is 13.0 Å². The predicted octanol–water partition coefficient (Wildman–Crippen LogP) is 4.98. The summed E-state index contributed by atoms with van der Waals surface area (Å²) in [6.07, 6.45) is 4.22. The predicted molar refractivity (Wildman–Crippen MR) is 134 cm³/mol. The summed E-state index contributed by atoms with van der Waals surface area (Å²) in [5.41, 5.74) is 2.68. The maximum atomic E-state index is 13.3. The molecule has 0 atom stereocenters. The first kappa shape index (κ1) is 24.3. The van der Waals surface area contributed by atoms with Crippen molar-refractivity contribution >= 4 is 29.1 Å². The molecular weight excluding hydrogens is 473 g/mol. The number of amides is 1. The first-order valence-electron chi connectivity index (χ1n) is 11.2. The normalized spacial score (nSPS) is 14.1. The fourth-order valence-corrected chi connectivity index (χ4v) is 4.53. The van der Waals surface area contributed by atoms with Crippen LogP contribution in [0.4, 0.5) is 0 Å². The molecule has 1 aromatic heterocycles. The van der Waals surface area contributed by atoms with E-state index >= 15 is 0 Å². The molecule has 0 aliphatic carbocycles. The average molecular weight is 500 g/mol. The van der Waals surface area contributed by atoms with Crippen LogP contribution < -0.4 is 9.47 Å². The molecule has 2 heterocycles. The lowest BCUT2D eigenvalue weighted by atomic mass is 10.1. The number of piperazine rings is 1. The van der Waals surface area contributed by atoms with Crippen molar-refractivity contribution in [1.29, 1.82) is 0 Å². The second kappa shape index (κ2) is 11.6. The molecule has 1 aliphatic rings. The van der Waals surface area contributed by atoms with Gasteiger partial charge in [-0.1, -0.05) is 35.3 Å². The number of hydrogen-bond acceptors (Lipinski definition) is 5. The first-order chi connectivity index (χ1) is 16.5. The van der Waals surface area contributed by atoms with Crippen LogP contribution in [0, 0.1) is 0 Å². The van der Waals surface area contributed by atoms with Gasteiger partial charge in [0.15, 0.2) is 11.5 Å². The Balaban J connectivity index is 1.37. The Morgan fingerprint density at radius 2 is 1.79 bits per heavy atom. The highest BCUT2D eigenvalue weighted by molar-refractivity contribution is 6.35. The molecule has 0 bridgehead atoms. The van der Waals surface area contributed by atoms with Crippen molar-refractivity contribution in [3.63, 3.8) is 0 Å². The summed E-state index contributed by atoms with van der Waals surface area (Å²) in [5, 5.41) is 1.20. The largest absolute Gasteiger partial charge is 0.492 e. The Hall–Kier alpha value is -2.80. The Labute approximate surface area is 210 Å². The Morgan fingerprint density at radius 3 is 2.50 bits per heavy atom. The Kier molecular flexibility index (Phi) is 8.27. The number of halogens is 2. The number of para-hydroxylation sites is 1. The monoisotopic (exact) mass is 499 g/mol. The molecule has 4 rings (SSSR count). The Morgan fingerprint density at radius 1 is 1.03 bits per heavy atom. The smallest absolute Gasteiger partial charge is 0.257 e. The zero-order chi connectivity index (χ0) is 23.9. The van der Waals surface area contributed by atoms with E-state index in [1.165, 1.54) is 5.56 Å². The third-order valence-corrected chi connectivity index (χ3v) is 6.46. The van der Waals surface area contributed by atoms with Gasteiger partial charge in [-0.05, 0) is 47.5 Å². The maximum absolute atomic E-state index is 13.3. The molecule has 0 N–H and O–H groups in total. The van der Waals surface area contributed by atoms with Crippen molar-refractivity contribution in [1.82, 2.24) is 14.8 Å². The summed E-state index contributed by atoms with van der Waals surface area (Å²) in [6, 6.07) is 14.9. The van der Waals surface area contributed by atoms with Crippen LogP contribution in [0.5, 0.6) is 11.5 Å². The van der Waals surface area contributed by atoms with Crippen molar-refractivity contribution in [2.75, 3.05) is 39.9 Å². The number of aromatic nitrogens is 1. The van der Waals surface area contributed by atoms with Crippen LogP contribution in [0.3, 0.4) is 0 Å². The number of nitrogens with zero attached hydrogens (tertiary/aromatic N) is 3. The van der Waals surface area contributed by atoms with Gasteiger partial charge >= 0.3 is 0 Å². The molecule has 1 saturated heterocycles. The topological polar surface area (TPSA) is 54.9 Å². The van der Waals surface area contributed by atoms with Gasteiger partial charge in [0.1, 0.15) is 0 Å². The minimum atomic E-state index is -0.0494. The van der Waals surface area contributed by atoms with Crippen molar-refractivity contribution in [3.05, 3.63) is 87.7 Å². The van der Waals surface area contributed by atoms with Crippen molar-refractivity contribution in [3.8, 4) is 11.5 Å². The van der Waals surface area contributed by atoms with E-state index in [0.29, 0.717) is 53.2 Å². The molecule has 178 valence electrons. The standard InChI is InChI=1S/C26H27Cl2N3O3/c1-33-25-22(3-2-4-24(25)34-16-9-20-5-6-21(27)17-23(20)28)26(32)31-14-12-30(13-15-31)18-19-7-10-29-11-8-19/h2-8,10-11,17H,9,12-16,18H2,1H3. The third kappa shape index (κ3) is 6.00. The minimum Gasteiger partial charge on any atom is -0.492 e. The molecule has 1 aliphatic heterocycles. The van der Waals surface area contributed by atoms with E-state index in [9.17, 15) is 4.79 Å². The average Bonchev–Trinajstić information content (AvgIpc) is 2.86. The van der Waals surface area contributed by atoms with Gasteiger partial charge in [-0.25, -0.2) is 0 Å². The first-order valence-corrected chi connectivity index (χ1v) is 11.9. The van der Waals surface area contributed by atoms with E-state index in [4.69, 9.17) is 32.7 Å². The number of ether oxygens (including phenoxy) is 2. The summed E-state index contributed by atoms with van der Waals surface area (Å²) in [5.74, 6) is 0.940. The molecule has 8 heteroatoms. The van der Waals surface area contributed by atoms with Crippen LogP contribution in [0.2, 0.25) is 10.0 Å². The lowest BCUT2D eigenvalue weighted by Crippen LogP contribution is -2.48. The third-order valence-electron chi connectivity index (χ3n) is 5.87. The second-order valence-electron chi connectivity index (χ2n) is 8.09. The van der Waals surface area contributed by atoms with Crippen LogP contribution in [0.15, 0.2) is 60.9 Å². The molecule has 34 heavy (non-hydrogen) atoms. The lowest BCUT2D eigenvalue weighted by molar-refractivity contribution is 0.0624. The van der Waals surface area contributed by atoms with E-state index < -0.39 is 0 Å². The highest BCUT2D eigenvalue weighted by Gasteiger charge is 2.25. The van der Waals surface area contributed by atoms with Crippen LogP contribution in [0.1, 0.15) is 21.5 Å². The highest BCUT2D eigenvalue weighted by Crippen LogP contribution is 2.32. The second-order valence-corrected chi connectivity index (χ2v) is 8.94. The fourth-order valence-electron chi connectivity index (χ4n) is 4.03. The number of rotatable bonds is 8. The molecule has 2 aromatic carbocycles. The van der Waals surface area contributed by atoms with Gasteiger partial charge in [-0.3, -0.25) is 14.7 Å². The summed E-state index contributed by atoms with van der Waals surface area (Å²) in [7, 11) is 1.56. The number of hydrogen-bond donors (Lipinski definition) is 0. The van der Waals surface area contributed by atoms with Gasteiger partial charge in [0.25, 0.3) is 5.91 Å². The SMILES string of the molecule is COc1c(OCCc2ccc(Cl)cc2Cl)cccc1C(=O)N1CCN(Cc2ccncc2)CC1. The van der Waals surface area contributed by atoms with Gasteiger partial charge < -0.3 is 14.4 Å². The molecule has 0 unspecified atom stereocenters. The molecule has 1 fully saturated rings. The van der Waals surface area contributed by atoms with E-state index in [2.05, 4.69) is 9.88 Å². The van der Waals surface area contributed by atoms with Gasteiger partial charge in [0.2, 0.25) is 0 Å². The van der Waals surface area contributed by atoms with E-state index in [1.807, 2.05) is 35.2 Å². The summed E-state index contributed by atoms with van der Waals surface area (Å²) >= 11 is 12.2. The van der Waals surface area contributed by atoms with Crippen molar-refractivity contribution in [2.45, 2.75) is 13.0 Å². The summed E-state index contributed by atoms with van der Waals surface area (Å²) in [6.45, 7) is 4.20. The number of methoxy groups -OCH3 is 1. The van der Waals surface area contributed by atoms with E-state index in [1.54, 1.807) is 37.7 Å².